The number of pyridine rings is 1. The number of piperidine rings is 1. The summed E-state index contributed by atoms with van der Waals surface area (Å²) in [7, 11) is 0. The number of hydrogen-bond acceptors (Lipinski definition) is 5. The first-order chi connectivity index (χ1) is 13.7. The van der Waals surface area contributed by atoms with Crippen LogP contribution in [0.3, 0.4) is 0 Å². The molecule has 2 aromatic rings. The van der Waals surface area contributed by atoms with Gasteiger partial charge in [0.05, 0.1) is 5.69 Å². The molecule has 2 aliphatic heterocycles. The molecule has 1 aliphatic carbocycles. The zero-order valence-corrected chi connectivity index (χ0v) is 17.0. The van der Waals surface area contributed by atoms with Crippen LogP contribution in [-0.2, 0) is 22.4 Å². The summed E-state index contributed by atoms with van der Waals surface area (Å²) in [5.74, 6) is 0.453. The van der Waals surface area contributed by atoms with Crippen LogP contribution >= 0.6 is 11.3 Å². The van der Waals surface area contributed by atoms with E-state index < -0.39 is 0 Å². The molecular weight excluding hydrogens is 370 g/mol. The average Bonchev–Trinajstić information content (AvgIpc) is 3.18. The van der Waals surface area contributed by atoms with Gasteiger partial charge in [0.1, 0.15) is 5.01 Å². The van der Waals surface area contributed by atoms with Gasteiger partial charge in [-0.25, -0.2) is 4.98 Å². The highest BCUT2D eigenvalue weighted by molar-refractivity contribution is 7.15. The number of aryl methyl sites for hydroxylation is 1. The topological polar surface area (TPSA) is 55.3 Å². The Morgan fingerprint density at radius 2 is 1.89 bits per heavy atom. The Balaban J connectivity index is 1.24. The van der Waals surface area contributed by atoms with Gasteiger partial charge in [-0.3, -0.25) is 9.78 Å². The lowest BCUT2D eigenvalue weighted by atomic mass is 9.72. The fourth-order valence-electron chi connectivity index (χ4n) is 4.97. The Bertz CT molecular complexity index is 835. The molecule has 148 valence electrons. The van der Waals surface area contributed by atoms with Crippen molar-refractivity contribution in [2.45, 2.75) is 44.9 Å². The van der Waals surface area contributed by atoms with Crippen LogP contribution in [0.2, 0.25) is 0 Å². The van der Waals surface area contributed by atoms with E-state index in [2.05, 4.69) is 9.88 Å². The fraction of sp³-hybridized carbons (Fsp3) is 0.591. The average molecular weight is 398 g/mol. The van der Waals surface area contributed by atoms with Crippen molar-refractivity contribution in [2.24, 2.45) is 11.3 Å². The molecule has 28 heavy (non-hydrogen) atoms. The van der Waals surface area contributed by atoms with E-state index in [9.17, 15) is 4.79 Å². The third kappa shape index (κ3) is 3.48. The molecule has 2 aromatic heterocycles. The molecule has 1 spiro atoms. The standard InChI is InChI=1S/C22H27N3O2S/c26-21(25-11-5-22(6-12-25)7-13-27-14-8-22)17-1-2-19-18(15-17)24-20(28-19)16-3-9-23-10-4-16/h3-4,9-10,17H,1-2,5-8,11-15H2. The highest BCUT2D eigenvalue weighted by Gasteiger charge is 2.39. The number of fused-ring (bicyclic) bond motifs is 1. The lowest BCUT2D eigenvalue weighted by Gasteiger charge is -2.44. The molecule has 0 saturated carbocycles. The number of nitrogens with zero attached hydrogens (tertiary/aromatic N) is 3. The summed E-state index contributed by atoms with van der Waals surface area (Å²) >= 11 is 1.78. The Kier molecular flexibility index (Phi) is 4.93. The molecule has 2 saturated heterocycles. The summed E-state index contributed by atoms with van der Waals surface area (Å²) in [5.41, 5.74) is 2.69. The number of carbonyl (C=O) groups is 1. The maximum Gasteiger partial charge on any atom is 0.226 e. The summed E-state index contributed by atoms with van der Waals surface area (Å²) in [6.45, 7) is 3.62. The van der Waals surface area contributed by atoms with E-state index in [4.69, 9.17) is 9.72 Å². The van der Waals surface area contributed by atoms with Gasteiger partial charge in [-0.05, 0) is 56.1 Å². The number of carbonyl (C=O) groups excluding carboxylic acids is 1. The molecule has 0 aromatic carbocycles. The van der Waals surface area contributed by atoms with Crippen LogP contribution in [0.15, 0.2) is 24.5 Å². The molecule has 0 radical (unpaired) electrons. The van der Waals surface area contributed by atoms with Crippen molar-refractivity contribution in [3.05, 3.63) is 35.1 Å². The minimum atomic E-state index is 0.101. The maximum atomic E-state index is 13.2. The smallest absolute Gasteiger partial charge is 0.226 e. The fourth-order valence-corrected chi connectivity index (χ4v) is 6.08. The first-order valence-corrected chi connectivity index (χ1v) is 11.3. The SMILES string of the molecule is O=C(C1CCc2sc(-c3ccncc3)nc2C1)N1CCC2(CCOCC2)CC1. The predicted octanol–water partition coefficient (Wildman–Crippen LogP) is 3.73. The zero-order chi connectivity index (χ0) is 19.0. The highest BCUT2D eigenvalue weighted by atomic mass is 32.1. The lowest BCUT2D eigenvalue weighted by molar-refractivity contribution is -0.139. The molecule has 0 N–H and O–H groups in total. The normalized spacial score (nSPS) is 24.1. The second-order valence-corrected chi connectivity index (χ2v) is 9.59. The molecule has 2 fully saturated rings. The number of likely N-dealkylation sites (tertiary alicyclic amines) is 1. The minimum absolute atomic E-state index is 0.101. The van der Waals surface area contributed by atoms with Crippen molar-refractivity contribution in [1.82, 2.24) is 14.9 Å². The van der Waals surface area contributed by atoms with Crippen LogP contribution < -0.4 is 0 Å². The van der Waals surface area contributed by atoms with Crippen molar-refractivity contribution in [3.8, 4) is 10.6 Å². The van der Waals surface area contributed by atoms with Gasteiger partial charge in [0, 0.05) is 61.5 Å². The van der Waals surface area contributed by atoms with Crippen molar-refractivity contribution in [2.75, 3.05) is 26.3 Å². The van der Waals surface area contributed by atoms with Crippen LogP contribution in [-0.4, -0.2) is 47.1 Å². The number of hydrogen-bond donors (Lipinski definition) is 0. The minimum Gasteiger partial charge on any atom is -0.381 e. The first-order valence-electron chi connectivity index (χ1n) is 10.5. The van der Waals surface area contributed by atoms with Crippen molar-refractivity contribution < 1.29 is 9.53 Å². The van der Waals surface area contributed by atoms with E-state index in [1.807, 2.05) is 24.5 Å². The van der Waals surface area contributed by atoms with E-state index in [1.54, 1.807) is 11.3 Å². The van der Waals surface area contributed by atoms with Crippen molar-refractivity contribution in [1.29, 1.82) is 0 Å². The maximum absolute atomic E-state index is 13.2. The Labute approximate surface area is 170 Å². The van der Waals surface area contributed by atoms with Gasteiger partial charge >= 0.3 is 0 Å². The third-order valence-corrected chi connectivity index (χ3v) is 8.11. The summed E-state index contributed by atoms with van der Waals surface area (Å²) in [6, 6.07) is 4.01. The molecule has 1 atom stereocenters. The van der Waals surface area contributed by atoms with E-state index in [0.29, 0.717) is 11.3 Å². The van der Waals surface area contributed by atoms with E-state index in [-0.39, 0.29) is 5.92 Å². The Hall–Kier alpha value is -1.79. The summed E-state index contributed by atoms with van der Waals surface area (Å²) < 4.78 is 5.54. The lowest BCUT2D eigenvalue weighted by Crippen LogP contribution is -2.47. The highest BCUT2D eigenvalue weighted by Crippen LogP contribution is 2.41. The van der Waals surface area contributed by atoms with Gasteiger partial charge in [0.15, 0.2) is 0 Å². The number of thiazole rings is 1. The predicted molar refractivity (Wildman–Crippen MR) is 109 cm³/mol. The van der Waals surface area contributed by atoms with Gasteiger partial charge < -0.3 is 9.64 Å². The third-order valence-electron chi connectivity index (χ3n) is 6.90. The van der Waals surface area contributed by atoms with Gasteiger partial charge in [-0.1, -0.05) is 0 Å². The molecule has 5 nitrogen and oxygen atoms in total. The molecular formula is C22H27N3O2S. The van der Waals surface area contributed by atoms with Crippen molar-refractivity contribution >= 4 is 17.2 Å². The van der Waals surface area contributed by atoms with Crippen molar-refractivity contribution in [3.63, 3.8) is 0 Å². The van der Waals surface area contributed by atoms with Crippen LogP contribution in [0, 0.1) is 11.3 Å². The Morgan fingerprint density at radius 3 is 2.64 bits per heavy atom. The summed E-state index contributed by atoms with van der Waals surface area (Å²) in [6.07, 6.45) is 11.0. The monoisotopic (exact) mass is 397 g/mol. The van der Waals surface area contributed by atoms with Gasteiger partial charge in [0.2, 0.25) is 5.91 Å². The molecule has 1 unspecified atom stereocenters. The second-order valence-electron chi connectivity index (χ2n) is 8.50. The van der Waals surface area contributed by atoms with Gasteiger partial charge in [0.25, 0.3) is 0 Å². The van der Waals surface area contributed by atoms with E-state index in [1.165, 1.54) is 17.7 Å². The number of ether oxygens (including phenoxy) is 1. The first kappa shape index (κ1) is 18.3. The Morgan fingerprint density at radius 1 is 1.14 bits per heavy atom. The molecule has 3 aliphatic rings. The quantitative estimate of drug-likeness (QED) is 0.775. The summed E-state index contributed by atoms with van der Waals surface area (Å²) in [4.78, 5) is 25.6. The van der Waals surface area contributed by atoms with Crippen LogP contribution in [0.25, 0.3) is 10.6 Å². The van der Waals surface area contributed by atoms with Gasteiger partial charge in [-0.2, -0.15) is 0 Å². The largest absolute Gasteiger partial charge is 0.381 e. The number of rotatable bonds is 2. The molecule has 4 heterocycles. The molecule has 0 bridgehead atoms. The van der Waals surface area contributed by atoms with Crippen LogP contribution in [0.1, 0.15) is 42.7 Å². The molecule has 5 rings (SSSR count). The molecule has 1 amide bonds. The zero-order valence-electron chi connectivity index (χ0n) is 16.2. The van der Waals surface area contributed by atoms with Crippen LogP contribution in [0.4, 0.5) is 0 Å². The van der Waals surface area contributed by atoms with E-state index >= 15 is 0 Å². The van der Waals surface area contributed by atoms with E-state index in [0.717, 1.165) is 74.7 Å². The second kappa shape index (κ2) is 7.56. The van der Waals surface area contributed by atoms with Crippen LogP contribution in [0.5, 0.6) is 0 Å². The number of amides is 1. The summed E-state index contributed by atoms with van der Waals surface area (Å²) in [5, 5.41) is 1.06. The molecule has 6 heteroatoms. The van der Waals surface area contributed by atoms with Gasteiger partial charge in [-0.15, -0.1) is 11.3 Å². The number of aromatic nitrogens is 2.